The smallest absolute Gasteiger partial charge is 0.255 e. The van der Waals surface area contributed by atoms with Gasteiger partial charge in [0.1, 0.15) is 5.75 Å². The first-order valence-electron chi connectivity index (χ1n) is 6.84. The molecule has 1 aromatic rings. The summed E-state index contributed by atoms with van der Waals surface area (Å²) in [7, 11) is 1.59. The third-order valence-electron chi connectivity index (χ3n) is 3.55. The van der Waals surface area contributed by atoms with Gasteiger partial charge in [-0.2, -0.15) is 0 Å². The summed E-state index contributed by atoms with van der Waals surface area (Å²) in [5, 5.41) is 6.37. The molecule has 1 unspecified atom stereocenters. The molecule has 19 heavy (non-hydrogen) atoms. The van der Waals surface area contributed by atoms with Crippen LogP contribution in [0.25, 0.3) is 0 Å². The average Bonchev–Trinajstić information content (AvgIpc) is 2.46. The number of carbonyl (C=O) groups excluding carboxylic acids is 1. The standard InChI is InChI=1S/C15H22N2O2/c1-11-5-6-14(19-2)13(8-11)15(18)17-10-12-4-3-7-16-9-12/h5-6,8,12,16H,3-4,7,9-10H2,1-2H3,(H,17,18). The molecular formula is C15H22N2O2. The Labute approximate surface area is 114 Å². The second-order valence-electron chi connectivity index (χ2n) is 5.13. The highest BCUT2D eigenvalue weighted by Gasteiger charge is 2.16. The molecule has 0 saturated carbocycles. The van der Waals surface area contributed by atoms with Crippen molar-refractivity contribution in [2.24, 2.45) is 5.92 Å². The van der Waals surface area contributed by atoms with Gasteiger partial charge < -0.3 is 15.4 Å². The maximum Gasteiger partial charge on any atom is 0.255 e. The normalized spacial score (nSPS) is 18.9. The van der Waals surface area contributed by atoms with Crippen LogP contribution in [0.4, 0.5) is 0 Å². The van der Waals surface area contributed by atoms with Crippen LogP contribution in [0.3, 0.4) is 0 Å². The predicted octanol–water partition coefficient (Wildman–Crippen LogP) is 1.73. The molecule has 0 bridgehead atoms. The Balaban J connectivity index is 1.97. The quantitative estimate of drug-likeness (QED) is 0.869. The van der Waals surface area contributed by atoms with Crippen molar-refractivity contribution in [2.75, 3.05) is 26.7 Å². The summed E-state index contributed by atoms with van der Waals surface area (Å²) >= 11 is 0. The second-order valence-corrected chi connectivity index (χ2v) is 5.13. The van der Waals surface area contributed by atoms with Crippen LogP contribution in [0, 0.1) is 12.8 Å². The Hall–Kier alpha value is -1.55. The van der Waals surface area contributed by atoms with Gasteiger partial charge in [-0.25, -0.2) is 0 Å². The molecule has 0 radical (unpaired) electrons. The number of hydrogen-bond acceptors (Lipinski definition) is 3. The topological polar surface area (TPSA) is 50.4 Å². The van der Waals surface area contributed by atoms with Gasteiger partial charge in [0.05, 0.1) is 12.7 Å². The maximum atomic E-state index is 12.2. The number of ether oxygens (including phenoxy) is 1. The zero-order valence-corrected chi connectivity index (χ0v) is 11.7. The fourth-order valence-electron chi connectivity index (χ4n) is 2.43. The maximum absolute atomic E-state index is 12.2. The number of hydrogen-bond donors (Lipinski definition) is 2. The number of rotatable bonds is 4. The number of aryl methyl sites for hydroxylation is 1. The van der Waals surface area contributed by atoms with Crippen LogP contribution in [-0.2, 0) is 0 Å². The molecule has 4 nitrogen and oxygen atoms in total. The van der Waals surface area contributed by atoms with Crippen molar-refractivity contribution in [3.05, 3.63) is 29.3 Å². The van der Waals surface area contributed by atoms with Gasteiger partial charge in [-0.1, -0.05) is 11.6 Å². The molecule has 1 fully saturated rings. The molecule has 2 rings (SSSR count). The number of piperidine rings is 1. The van der Waals surface area contributed by atoms with Crippen molar-refractivity contribution in [3.8, 4) is 5.75 Å². The monoisotopic (exact) mass is 262 g/mol. The van der Waals surface area contributed by atoms with Crippen molar-refractivity contribution in [1.29, 1.82) is 0 Å². The molecule has 1 aromatic carbocycles. The summed E-state index contributed by atoms with van der Waals surface area (Å²) in [6.07, 6.45) is 2.37. The molecule has 1 aliphatic rings. The van der Waals surface area contributed by atoms with Gasteiger partial charge in [-0.05, 0) is 50.9 Å². The highest BCUT2D eigenvalue weighted by Crippen LogP contribution is 2.19. The van der Waals surface area contributed by atoms with Crippen LogP contribution in [0.15, 0.2) is 18.2 Å². The van der Waals surface area contributed by atoms with E-state index >= 15 is 0 Å². The number of benzene rings is 1. The SMILES string of the molecule is COc1ccc(C)cc1C(=O)NCC1CCCNC1. The lowest BCUT2D eigenvalue weighted by atomic mass is 9.99. The largest absolute Gasteiger partial charge is 0.496 e. The van der Waals surface area contributed by atoms with E-state index < -0.39 is 0 Å². The highest BCUT2D eigenvalue weighted by molar-refractivity contribution is 5.97. The highest BCUT2D eigenvalue weighted by atomic mass is 16.5. The van der Waals surface area contributed by atoms with Crippen molar-refractivity contribution < 1.29 is 9.53 Å². The molecular weight excluding hydrogens is 240 g/mol. The number of methoxy groups -OCH3 is 1. The molecule has 1 atom stereocenters. The Morgan fingerprint density at radius 1 is 1.53 bits per heavy atom. The summed E-state index contributed by atoms with van der Waals surface area (Å²) < 4.78 is 5.24. The van der Waals surface area contributed by atoms with E-state index in [1.54, 1.807) is 7.11 Å². The lowest BCUT2D eigenvalue weighted by Gasteiger charge is -2.23. The van der Waals surface area contributed by atoms with Crippen molar-refractivity contribution in [3.63, 3.8) is 0 Å². The number of amides is 1. The van der Waals surface area contributed by atoms with Crippen LogP contribution in [0.1, 0.15) is 28.8 Å². The summed E-state index contributed by atoms with van der Waals surface area (Å²) in [6, 6.07) is 5.65. The zero-order valence-electron chi connectivity index (χ0n) is 11.7. The minimum atomic E-state index is -0.0499. The molecule has 2 N–H and O–H groups in total. The fourth-order valence-corrected chi connectivity index (χ4v) is 2.43. The van der Waals surface area contributed by atoms with E-state index in [-0.39, 0.29) is 5.91 Å². The molecule has 0 spiro atoms. The Morgan fingerprint density at radius 2 is 2.37 bits per heavy atom. The van der Waals surface area contributed by atoms with Gasteiger partial charge in [0, 0.05) is 6.54 Å². The van der Waals surface area contributed by atoms with E-state index in [1.165, 1.54) is 12.8 Å². The molecule has 1 amide bonds. The molecule has 1 aliphatic heterocycles. The van der Waals surface area contributed by atoms with E-state index in [1.807, 2.05) is 25.1 Å². The first kappa shape index (κ1) is 13.9. The van der Waals surface area contributed by atoms with E-state index in [9.17, 15) is 4.79 Å². The van der Waals surface area contributed by atoms with Gasteiger partial charge in [-0.3, -0.25) is 4.79 Å². The minimum Gasteiger partial charge on any atom is -0.496 e. The van der Waals surface area contributed by atoms with Crippen LogP contribution >= 0.6 is 0 Å². The third-order valence-corrected chi connectivity index (χ3v) is 3.55. The van der Waals surface area contributed by atoms with Crippen molar-refractivity contribution in [2.45, 2.75) is 19.8 Å². The fraction of sp³-hybridized carbons (Fsp3) is 0.533. The molecule has 0 aromatic heterocycles. The molecule has 1 heterocycles. The van der Waals surface area contributed by atoms with Gasteiger partial charge in [0.25, 0.3) is 5.91 Å². The van der Waals surface area contributed by atoms with Gasteiger partial charge in [0.2, 0.25) is 0 Å². The predicted molar refractivity (Wildman–Crippen MR) is 75.7 cm³/mol. The van der Waals surface area contributed by atoms with Gasteiger partial charge in [-0.15, -0.1) is 0 Å². The van der Waals surface area contributed by atoms with Gasteiger partial charge in [0.15, 0.2) is 0 Å². The Bertz CT molecular complexity index is 440. The van der Waals surface area contributed by atoms with Crippen molar-refractivity contribution >= 4 is 5.91 Å². The van der Waals surface area contributed by atoms with Crippen LogP contribution in [-0.4, -0.2) is 32.7 Å². The minimum absolute atomic E-state index is 0.0499. The third kappa shape index (κ3) is 3.70. The lowest BCUT2D eigenvalue weighted by molar-refractivity contribution is 0.0941. The molecule has 0 aliphatic carbocycles. The molecule has 1 saturated heterocycles. The van der Waals surface area contributed by atoms with E-state index in [2.05, 4.69) is 10.6 Å². The Kier molecular flexibility index (Phi) is 4.80. The van der Waals surface area contributed by atoms with Crippen LogP contribution in [0.5, 0.6) is 5.75 Å². The average molecular weight is 262 g/mol. The molecule has 4 heteroatoms. The van der Waals surface area contributed by atoms with Crippen molar-refractivity contribution in [1.82, 2.24) is 10.6 Å². The zero-order chi connectivity index (χ0) is 13.7. The summed E-state index contributed by atoms with van der Waals surface area (Å²) in [4.78, 5) is 12.2. The first-order chi connectivity index (χ1) is 9.20. The number of carbonyl (C=O) groups is 1. The van der Waals surface area contributed by atoms with Crippen LogP contribution < -0.4 is 15.4 Å². The van der Waals surface area contributed by atoms with E-state index in [0.29, 0.717) is 17.2 Å². The second kappa shape index (κ2) is 6.57. The van der Waals surface area contributed by atoms with Gasteiger partial charge >= 0.3 is 0 Å². The summed E-state index contributed by atoms with van der Waals surface area (Å²) in [5.74, 6) is 1.12. The van der Waals surface area contributed by atoms with Crippen LogP contribution in [0.2, 0.25) is 0 Å². The summed E-state index contributed by atoms with van der Waals surface area (Å²) in [5.41, 5.74) is 1.68. The summed E-state index contributed by atoms with van der Waals surface area (Å²) in [6.45, 7) is 4.78. The Morgan fingerprint density at radius 3 is 3.05 bits per heavy atom. The number of nitrogens with one attached hydrogen (secondary N) is 2. The van der Waals surface area contributed by atoms with E-state index in [0.717, 1.165) is 25.2 Å². The van der Waals surface area contributed by atoms with E-state index in [4.69, 9.17) is 4.74 Å². The molecule has 104 valence electrons. The lowest BCUT2D eigenvalue weighted by Crippen LogP contribution is -2.38. The first-order valence-corrected chi connectivity index (χ1v) is 6.84.